The monoisotopic (exact) mass is 359 g/mol. The van der Waals surface area contributed by atoms with E-state index in [1.54, 1.807) is 7.11 Å². The van der Waals surface area contributed by atoms with E-state index in [0.29, 0.717) is 23.8 Å². The van der Waals surface area contributed by atoms with Crippen LogP contribution in [0.25, 0.3) is 0 Å². The summed E-state index contributed by atoms with van der Waals surface area (Å²) in [6.45, 7) is 6.40. The Bertz CT molecular complexity index is 619. The van der Waals surface area contributed by atoms with E-state index >= 15 is 0 Å². The fourth-order valence-electron chi connectivity index (χ4n) is 4.57. The average Bonchev–Trinajstić information content (AvgIpc) is 3.21. The molecule has 1 heterocycles. The third kappa shape index (κ3) is 4.14. The molecule has 1 aromatic rings. The second-order valence-electron chi connectivity index (χ2n) is 8.19. The van der Waals surface area contributed by atoms with Crippen LogP contribution in [0.3, 0.4) is 0 Å². The van der Waals surface area contributed by atoms with Crippen molar-refractivity contribution in [3.8, 4) is 5.75 Å². The number of nitrogens with one attached hydrogen (secondary N) is 2. The second-order valence-corrected chi connectivity index (χ2v) is 8.19. The van der Waals surface area contributed by atoms with Crippen LogP contribution in [-0.2, 0) is 4.79 Å². The minimum atomic E-state index is -0.0926. The van der Waals surface area contributed by atoms with Crippen molar-refractivity contribution in [1.29, 1.82) is 0 Å². The van der Waals surface area contributed by atoms with Crippen molar-refractivity contribution in [2.24, 2.45) is 17.8 Å². The van der Waals surface area contributed by atoms with E-state index in [1.165, 1.54) is 12.1 Å². The van der Waals surface area contributed by atoms with Crippen LogP contribution in [0.2, 0.25) is 0 Å². The number of anilines is 1. The van der Waals surface area contributed by atoms with Crippen molar-refractivity contribution in [2.45, 2.75) is 45.2 Å². The molecule has 0 bridgehead atoms. The van der Waals surface area contributed by atoms with E-state index in [4.69, 9.17) is 4.74 Å². The summed E-state index contributed by atoms with van der Waals surface area (Å²) in [7, 11) is 3.59. The molecule has 5 nitrogen and oxygen atoms in total. The van der Waals surface area contributed by atoms with Crippen LogP contribution < -0.4 is 20.3 Å². The van der Waals surface area contributed by atoms with Crippen LogP contribution in [0, 0.1) is 17.8 Å². The van der Waals surface area contributed by atoms with E-state index in [1.807, 2.05) is 19.2 Å². The Hall–Kier alpha value is -1.75. The van der Waals surface area contributed by atoms with Crippen LogP contribution in [0.1, 0.15) is 33.1 Å². The molecule has 1 aliphatic heterocycles. The quantitative estimate of drug-likeness (QED) is 0.786. The maximum Gasteiger partial charge on any atom is 0.237 e. The molecular formula is C21H33N3O2. The molecule has 0 unspecified atom stereocenters. The minimum Gasteiger partial charge on any atom is -0.497 e. The SMILES string of the molecule is CN[C@@H](CC(C)C)C(=O)N[C@H]1CC[C@@H]2CN(c3cccc(OC)c3)C[C@@H]21. The number of carbonyl (C=O) groups is 1. The Labute approximate surface area is 157 Å². The molecule has 1 saturated heterocycles. The number of carbonyl (C=O) groups excluding carboxylic acids is 1. The summed E-state index contributed by atoms with van der Waals surface area (Å²) in [6, 6.07) is 8.49. The predicted octanol–water partition coefficient (Wildman–Crippen LogP) is 2.66. The molecule has 26 heavy (non-hydrogen) atoms. The number of methoxy groups -OCH3 is 1. The van der Waals surface area contributed by atoms with E-state index in [-0.39, 0.29) is 11.9 Å². The number of benzene rings is 1. The first kappa shape index (κ1) is 19.0. The van der Waals surface area contributed by atoms with Gasteiger partial charge in [0, 0.05) is 36.8 Å². The van der Waals surface area contributed by atoms with E-state index in [0.717, 1.165) is 31.7 Å². The Balaban J connectivity index is 1.62. The van der Waals surface area contributed by atoms with Gasteiger partial charge in [0.1, 0.15) is 5.75 Å². The molecule has 1 aromatic carbocycles. The summed E-state index contributed by atoms with van der Waals surface area (Å²) in [5.41, 5.74) is 1.22. The van der Waals surface area contributed by atoms with Crippen LogP contribution in [-0.4, -0.2) is 45.2 Å². The normalized spacial score (nSPS) is 26.0. The van der Waals surface area contributed by atoms with Gasteiger partial charge in [-0.05, 0) is 50.3 Å². The predicted molar refractivity (Wildman–Crippen MR) is 106 cm³/mol. The van der Waals surface area contributed by atoms with Crippen LogP contribution in [0.15, 0.2) is 24.3 Å². The highest BCUT2D eigenvalue weighted by atomic mass is 16.5. The van der Waals surface area contributed by atoms with Crippen molar-refractivity contribution in [3.63, 3.8) is 0 Å². The third-order valence-electron chi connectivity index (χ3n) is 5.98. The van der Waals surface area contributed by atoms with Gasteiger partial charge in [0.05, 0.1) is 13.2 Å². The molecule has 0 radical (unpaired) electrons. The fourth-order valence-corrected chi connectivity index (χ4v) is 4.57. The molecular weight excluding hydrogens is 326 g/mol. The lowest BCUT2D eigenvalue weighted by molar-refractivity contribution is -0.124. The first-order valence-electron chi connectivity index (χ1n) is 9.88. The molecule has 4 atom stereocenters. The van der Waals surface area contributed by atoms with Crippen molar-refractivity contribution in [3.05, 3.63) is 24.3 Å². The van der Waals surface area contributed by atoms with Crippen molar-refractivity contribution >= 4 is 11.6 Å². The van der Waals surface area contributed by atoms with Gasteiger partial charge in [-0.3, -0.25) is 4.79 Å². The fraction of sp³-hybridized carbons (Fsp3) is 0.667. The summed E-state index contributed by atoms with van der Waals surface area (Å²) in [5.74, 6) is 2.78. The van der Waals surface area contributed by atoms with Gasteiger partial charge in [0.25, 0.3) is 0 Å². The van der Waals surface area contributed by atoms with Gasteiger partial charge >= 0.3 is 0 Å². The van der Waals surface area contributed by atoms with E-state index in [2.05, 4.69) is 41.5 Å². The Morgan fingerprint density at radius 2 is 2.12 bits per heavy atom. The van der Waals surface area contributed by atoms with Crippen LogP contribution in [0.4, 0.5) is 5.69 Å². The molecule has 144 valence electrons. The summed E-state index contributed by atoms with van der Waals surface area (Å²) in [6.07, 6.45) is 3.18. The first-order chi connectivity index (χ1) is 12.5. The molecule has 1 saturated carbocycles. The molecule has 0 aromatic heterocycles. The molecule has 2 N–H and O–H groups in total. The van der Waals surface area contributed by atoms with Gasteiger partial charge in [0.15, 0.2) is 0 Å². The number of hydrogen-bond donors (Lipinski definition) is 2. The highest BCUT2D eigenvalue weighted by Gasteiger charge is 2.43. The Morgan fingerprint density at radius 1 is 1.31 bits per heavy atom. The molecule has 2 aliphatic rings. The molecule has 1 amide bonds. The van der Waals surface area contributed by atoms with Gasteiger partial charge in [-0.2, -0.15) is 0 Å². The summed E-state index contributed by atoms with van der Waals surface area (Å²) < 4.78 is 5.36. The third-order valence-corrected chi connectivity index (χ3v) is 5.98. The van der Waals surface area contributed by atoms with E-state index in [9.17, 15) is 4.79 Å². The summed E-state index contributed by atoms with van der Waals surface area (Å²) >= 11 is 0. The van der Waals surface area contributed by atoms with Gasteiger partial charge < -0.3 is 20.3 Å². The number of nitrogens with zero attached hydrogens (tertiary/aromatic N) is 1. The Kier molecular flexibility index (Phi) is 6.07. The summed E-state index contributed by atoms with van der Waals surface area (Å²) in [4.78, 5) is 15.1. The van der Waals surface area contributed by atoms with Crippen LogP contribution in [0.5, 0.6) is 5.75 Å². The zero-order valence-electron chi connectivity index (χ0n) is 16.5. The van der Waals surface area contributed by atoms with Crippen molar-refractivity contribution in [2.75, 3.05) is 32.1 Å². The van der Waals surface area contributed by atoms with Crippen molar-refractivity contribution in [1.82, 2.24) is 10.6 Å². The first-order valence-corrected chi connectivity index (χ1v) is 9.88. The van der Waals surface area contributed by atoms with Gasteiger partial charge in [0.2, 0.25) is 5.91 Å². The number of likely N-dealkylation sites (N-methyl/N-ethyl adjacent to an activating group) is 1. The number of hydrogen-bond acceptors (Lipinski definition) is 4. The highest BCUT2D eigenvalue weighted by molar-refractivity contribution is 5.82. The topological polar surface area (TPSA) is 53.6 Å². The largest absolute Gasteiger partial charge is 0.497 e. The number of fused-ring (bicyclic) bond motifs is 1. The molecule has 3 rings (SSSR count). The lowest BCUT2D eigenvalue weighted by atomic mass is 9.97. The van der Waals surface area contributed by atoms with Crippen LogP contribution >= 0.6 is 0 Å². The van der Waals surface area contributed by atoms with Gasteiger partial charge in [-0.25, -0.2) is 0 Å². The van der Waals surface area contributed by atoms with Crippen molar-refractivity contribution < 1.29 is 9.53 Å². The number of rotatable bonds is 7. The average molecular weight is 360 g/mol. The molecule has 1 aliphatic carbocycles. The maximum absolute atomic E-state index is 12.7. The number of ether oxygens (including phenoxy) is 1. The van der Waals surface area contributed by atoms with Gasteiger partial charge in [-0.1, -0.05) is 19.9 Å². The summed E-state index contributed by atoms with van der Waals surface area (Å²) in [5, 5.41) is 6.53. The lowest BCUT2D eigenvalue weighted by Gasteiger charge is -2.25. The maximum atomic E-state index is 12.7. The molecule has 2 fully saturated rings. The standard InChI is InChI=1S/C21H33N3O2/c1-14(2)10-20(22-3)21(25)23-19-9-8-15-12-24(13-18(15)19)16-6-5-7-17(11-16)26-4/h5-7,11,14-15,18-20,22H,8-10,12-13H2,1-4H3,(H,23,25)/t15-,18+,19+,20+/m1/s1. The molecule has 0 spiro atoms. The second kappa shape index (κ2) is 8.30. The highest BCUT2D eigenvalue weighted by Crippen LogP contribution is 2.40. The van der Waals surface area contributed by atoms with Gasteiger partial charge in [-0.15, -0.1) is 0 Å². The van der Waals surface area contributed by atoms with E-state index < -0.39 is 0 Å². The lowest BCUT2D eigenvalue weighted by Crippen LogP contribution is -2.49. The zero-order chi connectivity index (χ0) is 18.7. The minimum absolute atomic E-state index is 0.0926. The molecule has 5 heteroatoms. The Morgan fingerprint density at radius 3 is 2.81 bits per heavy atom. The number of amides is 1. The smallest absolute Gasteiger partial charge is 0.237 e. The zero-order valence-corrected chi connectivity index (χ0v) is 16.5.